The average Bonchev–Trinajstić information content (AvgIpc) is 2.45. The molecule has 0 saturated carbocycles. The number of halogens is 1. The van der Waals surface area contributed by atoms with Gasteiger partial charge in [0.15, 0.2) is 0 Å². The molecule has 2 rings (SSSR count). The van der Waals surface area contributed by atoms with Gasteiger partial charge in [-0.1, -0.05) is 72.8 Å². The zero-order chi connectivity index (χ0) is 15.5. The van der Waals surface area contributed by atoms with Gasteiger partial charge in [0.25, 0.3) is 0 Å². The van der Waals surface area contributed by atoms with Crippen LogP contribution in [0.3, 0.4) is 0 Å². The van der Waals surface area contributed by atoms with Crippen molar-refractivity contribution in [3.05, 3.63) is 64.7 Å². The molecule has 1 nitrogen and oxygen atoms in total. The molecule has 21 heavy (non-hydrogen) atoms. The maximum atomic E-state index is 5.92. The van der Waals surface area contributed by atoms with Gasteiger partial charge in [-0.3, -0.25) is 0 Å². The van der Waals surface area contributed by atoms with Gasteiger partial charge in [0, 0.05) is 17.6 Å². The van der Waals surface area contributed by atoms with E-state index >= 15 is 0 Å². The van der Waals surface area contributed by atoms with Crippen molar-refractivity contribution < 1.29 is 0 Å². The monoisotopic (exact) mass is 317 g/mol. The topological polar surface area (TPSA) is 12.0 Å². The van der Waals surface area contributed by atoms with Crippen molar-refractivity contribution >= 4 is 24.9 Å². The summed E-state index contributed by atoms with van der Waals surface area (Å²) in [5.74, 6) is 0. The highest BCUT2D eigenvalue weighted by Gasteiger charge is 2.15. The first-order valence-electron chi connectivity index (χ1n) is 7.44. The highest BCUT2D eigenvalue weighted by molar-refractivity contribution is 6.88. The fourth-order valence-electron chi connectivity index (χ4n) is 2.26. The van der Waals surface area contributed by atoms with Crippen LogP contribution >= 0.6 is 11.6 Å². The lowest BCUT2D eigenvalue weighted by molar-refractivity contribution is 0.575. The van der Waals surface area contributed by atoms with E-state index in [2.05, 4.69) is 68.3 Å². The number of hydrogen-bond acceptors (Lipinski definition) is 1. The minimum absolute atomic E-state index is 0.318. The van der Waals surface area contributed by atoms with Gasteiger partial charge < -0.3 is 5.32 Å². The van der Waals surface area contributed by atoms with Crippen molar-refractivity contribution in [1.29, 1.82) is 0 Å². The second kappa shape index (κ2) is 6.78. The Balaban J connectivity index is 1.95. The molecule has 1 N–H and O–H groups in total. The molecular weight excluding hydrogens is 294 g/mol. The zero-order valence-corrected chi connectivity index (χ0v) is 15.0. The van der Waals surface area contributed by atoms with Crippen LogP contribution in [0.15, 0.2) is 48.5 Å². The molecule has 0 unspecified atom stereocenters. The summed E-state index contributed by atoms with van der Waals surface area (Å²) in [7, 11) is -1.19. The molecule has 0 saturated heterocycles. The first-order valence-corrected chi connectivity index (χ1v) is 11.3. The molecule has 0 aromatic heterocycles. The van der Waals surface area contributed by atoms with Crippen LogP contribution in [0.25, 0.3) is 0 Å². The van der Waals surface area contributed by atoms with E-state index in [0.29, 0.717) is 6.04 Å². The Morgan fingerprint density at radius 3 is 2.05 bits per heavy atom. The smallest absolute Gasteiger partial charge is 0.0775 e. The van der Waals surface area contributed by atoms with E-state index < -0.39 is 8.07 Å². The summed E-state index contributed by atoms with van der Waals surface area (Å²) in [5.41, 5.74) is 2.59. The van der Waals surface area contributed by atoms with Crippen molar-refractivity contribution in [1.82, 2.24) is 5.32 Å². The van der Waals surface area contributed by atoms with Gasteiger partial charge in [-0.15, -0.1) is 0 Å². The lowest BCUT2D eigenvalue weighted by atomic mass is 10.1. The Bertz CT molecular complexity index is 570. The Morgan fingerprint density at radius 1 is 0.952 bits per heavy atom. The summed E-state index contributed by atoms with van der Waals surface area (Å²) in [6.07, 6.45) is 0. The third kappa shape index (κ3) is 4.70. The summed E-state index contributed by atoms with van der Waals surface area (Å²) in [6.45, 7) is 10.2. The van der Waals surface area contributed by atoms with Crippen LogP contribution in [0.4, 0.5) is 0 Å². The summed E-state index contributed by atoms with van der Waals surface area (Å²) in [6, 6.07) is 17.4. The third-order valence-corrected chi connectivity index (χ3v) is 6.12. The zero-order valence-electron chi connectivity index (χ0n) is 13.3. The third-order valence-electron chi connectivity index (χ3n) is 3.80. The first-order chi connectivity index (χ1) is 9.86. The van der Waals surface area contributed by atoms with Crippen LogP contribution in [0.5, 0.6) is 0 Å². The first kappa shape index (κ1) is 16.3. The molecule has 0 bridgehead atoms. The molecule has 1 atom stereocenters. The van der Waals surface area contributed by atoms with E-state index in [1.165, 1.54) is 16.3 Å². The van der Waals surface area contributed by atoms with Gasteiger partial charge in [0.05, 0.1) is 8.07 Å². The van der Waals surface area contributed by atoms with Gasteiger partial charge in [-0.25, -0.2) is 0 Å². The number of rotatable bonds is 5. The predicted molar refractivity (Wildman–Crippen MR) is 96.1 cm³/mol. The Kier molecular flexibility index (Phi) is 5.25. The van der Waals surface area contributed by atoms with Crippen molar-refractivity contribution in [3.63, 3.8) is 0 Å². The lowest BCUT2D eigenvalue weighted by Crippen LogP contribution is -2.37. The second-order valence-electron chi connectivity index (χ2n) is 6.60. The van der Waals surface area contributed by atoms with Crippen molar-refractivity contribution in [3.8, 4) is 0 Å². The quantitative estimate of drug-likeness (QED) is 0.786. The van der Waals surface area contributed by atoms with Crippen LogP contribution in [-0.2, 0) is 6.54 Å². The fraction of sp³-hybridized carbons (Fsp3) is 0.333. The second-order valence-corrected chi connectivity index (χ2v) is 12.1. The normalized spacial score (nSPS) is 13.2. The molecule has 2 aromatic carbocycles. The van der Waals surface area contributed by atoms with Gasteiger partial charge in [0.1, 0.15) is 0 Å². The molecule has 3 heteroatoms. The minimum atomic E-state index is -1.19. The number of benzene rings is 2. The van der Waals surface area contributed by atoms with Gasteiger partial charge in [-0.05, 0) is 30.2 Å². The van der Waals surface area contributed by atoms with E-state index in [-0.39, 0.29) is 0 Å². The maximum absolute atomic E-state index is 5.92. The lowest BCUT2D eigenvalue weighted by Gasteiger charge is -2.18. The predicted octanol–water partition coefficient (Wildman–Crippen LogP) is 4.74. The van der Waals surface area contributed by atoms with Crippen LogP contribution in [0, 0.1) is 0 Å². The van der Waals surface area contributed by atoms with Crippen LogP contribution in [0.2, 0.25) is 24.7 Å². The fourth-order valence-corrected chi connectivity index (χ4v) is 3.56. The van der Waals surface area contributed by atoms with Gasteiger partial charge in [-0.2, -0.15) is 0 Å². The Labute approximate surface area is 134 Å². The molecule has 0 aliphatic heterocycles. The SMILES string of the molecule is C[C@H](NCc1ccc([Si](C)(C)C)cc1)c1ccc(Cl)cc1. The largest absolute Gasteiger partial charge is 0.306 e. The number of nitrogens with one attached hydrogen (secondary N) is 1. The van der Waals surface area contributed by atoms with Crippen LogP contribution in [-0.4, -0.2) is 8.07 Å². The molecule has 0 aliphatic carbocycles. The van der Waals surface area contributed by atoms with E-state index in [9.17, 15) is 0 Å². The van der Waals surface area contributed by atoms with Gasteiger partial charge >= 0.3 is 0 Å². The molecule has 0 radical (unpaired) electrons. The average molecular weight is 318 g/mol. The molecule has 2 aromatic rings. The standard InChI is InChI=1S/C18H24ClNSi/c1-14(16-7-9-17(19)10-8-16)20-13-15-5-11-18(12-6-15)21(2,3)4/h5-12,14,20H,13H2,1-4H3/t14-/m0/s1. The molecule has 112 valence electrons. The maximum Gasteiger partial charge on any atom is 0.0775 e. The summed E-state index contributed by atoms with van der Waals surface area (Å²) in [5, 5.41) is 5.86. The van der Waals surface area contributed by atoms with Crippen LogP contribution in [0.1, 0.15) is 24.1 Å². The van der Waals surface area contributed by atoms with Gasteiger partial charge in [0.2, 0.25) is 0 Å². The van der Waals surface area contributed by atoms with E-state index in [0.717, 1.165) is 11.6 Å². The highest BCUT2D eigenvalue weighted by Crippen LogP contribution is 2.16. The molecule has 0 spiro atoms. The Hall–Kier alpha value is -1.09. The minimum Gasteiger partial charge on any atom is -0.306 e. The van der Waals surface area contributed by atoms with Crippen LogP contribution < -0.4 is 10.5 Å². The summed E-state index contributed by atoms with van der Waals surface area (Å²) < 4.78 is 0. The van der Waals surface area contributed by atoms with Crippen molar-refractivity contribution in [2.75, 3.05) is 0 Å². The summed E-state index contributed by atoms with van der Waals surface area (Å²) in [4.78, 5) is 0. The molecule has 0 heterocycles. The van der Waals surface area contributed by atoms with E-state index in [1.807, 2.05) is 12.1 Å². The van der Waals surface area contributed by atoms with E-state index in [1.54, 1.807) is 0 Å². The molecule has 0 fully saturated rings. The van der Waals surface area contributed by atoms with E-state index in [4.69, 9.17) is 11.6 Å². The Morgan fingerprint density at radius 2 is 1.52 bits per heavy atom. The number of hydrogen-bond donors (Lipinski definition) is 1. The molecule has 0 aliphatic rings. The molecular formula is C18H24ClNSi. The molecule has 0 amide bonds. The summed E-state index contributed by atoms with van der Waals surface area (Å²) >= 11 is 5.92. The van der Waals surface area contributed by atoms with Crippen molar-refractivity contribution in [2.24, 2.45) is 0 Å². The highest BCUT2D eigenvalue weighted by atomic mass is 35.5. The van der Waals surface area contributed by atoms with Crippen molar-refractivity contribution in [2.45, 2.75) is 39.2 Å².